The molecule has 2 aromatic heterocycles. The summed E-state index contributed by atoms with van der Waals surface area (Å²) in [6, 6.07) is 8.89. The molecule has 0 aliphatic carbocycles. The second-order valence-corrected chi connectivity index (χ2v) is 9.20. The van der Waals surface area contributed by atoms with Crippen LogP contribution in [0.15, 0.2) is 36.5 Å². The minimum atomic E-state index is -4.48. The number of pyridine rings is 1. The van der Waals surface area contributed by atoms with Gasteiger partial charge in [-0.25, -0.2) is 9.97 Å². The Bertz CT molecular complexity index is 1070. The van der Waals surface area contributed by atoms with Gasteiger partial charge in [-0.3, -0.25) is 4.79 Å². The number of aromatic nitrogens is 2. The minimum Gasteiger partial charge on any atom is -0.354 e. The summed E-state index contributed by atoms with van der Waals surface area (Å²) in [5.41, 5.74) is 0.118. The maximum Gasteiger partial charge on any atom is 0.417 e. The average Bonchev–Trinajstić information content (AvgIpc) is 3.00. The van der Waals surface area contributed by atoms with Crippen molar-refractivity contribution in [2.24, 2.45) is 0 Å². The lowest BCUT2D eigenvalue weighted by Crippen LogP contribution is -2.35. The highest BCUT2D eigenvalue weighted by Crippen LogP contribution is 2.33. The van der Waals surface area contributed by atoms with Crippen LogP contribution < -0.4 is 4.90 Å². The van der Waals surface area contributed by atoms with Gasteiger partial charge in [-0.15, -0.1) is 11.3 Å². The predicted molar refractivity (Wildman–Crippen MR) is 120 cm³/mol. The molecule has 3 heterocycles. The van der Waals surface area contributed by atoms with Crippen molar-refractivity contribution < 1.29 is 18.0 Å². The quantitative estimate of drug-likeness (QED) is 0.487. The summed E-state index contributed by atoms with van der Waals surface area (Å²) in [6.07, 6.45) is -1.06. The van der Waals surface area contributed by atoms with Gasteiger partial charge in [0.1, 0.15) is 5.82 Å². The number of amides is 1. The molecule has 0 unspecified atom stereocenters. The van der Waals surface area contributed by atoms with Gasteiger partial charge in [0.15, 0.2) is 0 Å². The lowest BCUT2D eigenvalue weighted by molar-refractivity contribution is -0.137. The third-order valence-corrected chi connectivity index (χ3v) is 6.79. The number of benzene rings is 1. The summed E-state index contributed by atoms with van der Waals surface area (Å²) >= 11 is 7.74. The molecule has 3 aromatic rings. The normalized spacial score (nSPS) is 15.2. The van der Waals surface area contributed by atoms with Gasteiger partial charge in [-0.2, -0.15) is 13.2 Å². The number of fused-ring (bicyclic) bond motifs is 1. The third-order valence-electron chi connectivity index (χ3n) is 5.42. The molecule has 0 saturated carbocycles. The Morgan fingerprint density at radius 3 is 2.72 bits per heavy atom. The zero-order valence-electron chi connectivity index (χ0n) is 17.2. The molecule has 1 aromatic carbocycles. The Morgan fingerprint density at radius 2 is 1.97 bits per heavy atom. The topological polar surface area (TPSA) is 49.3 Å². The lowest BCUT2D eigenvalue weighted by Gasteiger charge is -2.24. The second-order valence-electron chi connectivity index (χ2n) is 7.68. The van der Waals surface area contributed by atoms with Crippen LogP contribution in [0.1, 0.15) is 29.8 Å². The van der Waals surface area contributed by atoms with Crippen molar-refractivity contribution in [3.05, 3.63) is 52.1 Å². The van der Waals surface area contributed by atoms with Gasteiger partial charge in [0.25, 0.3) is 0 Å². The van der Waals surface area contributed by atoms with Gasteiger partial charge >= 0.3 is 6.18 Å². The number of nitrogens with zero attached hydrogens (tertiary/aromatic N) is 4. The first kappa shape index (κ1) is 22.8. The van der Waals surface area contributed by atoms with Gasteiger partial charge in [0.05, 0.1) is 25.8 Å². The molecule has 0 N–H and O–H groups in total. The summed E-state index contributed by atoms with van der Waals surface area (Å²) in [5.74, 6) is 0.407. The minimum absolute atomic E-state index is 0.0320. The zero-order valence-corrected chi connectivity index (χ0v) is 18.8. The molecule has 32 heavy (non-hydrogen) atoms. The van der Waals surface area contributed by atoms with E-state index < -0.39 is 11.7 Å². The van der Waals surface area contributed by atoms with Crippen LogP contribution in [0.5, 0.6) is 0 Å². The van der Waals surface area contributed by atoms with Crippen molar-refractivity contribution in [1.29, 1.82) is 0 Å². The van der Waals surface area contributed by atoms with Gasteiger partial charge in [-0.05, 0) is 37.5 Å². The maximum atomic E-state index is 12.9. The number of thiazole rings is 1. The fourth-order valence-corrected chi connectivity index (χ4v) is 5.07. The van der Waals surface area contributed by atoms with E-state index in [2.05, 4.69) is 9.97 Å². The molecular weight excluding hydrogens is 461 g/mol. The summed E-state index contributed by atoms with van der Waals surface area (Å²) in [7, 11) is 0. The highest BCUT2D eigenvalue weighted by atomic mass is 35.5. The first-order valence-electron chi connectivity index (χ1n) is 10.4. The molecule has 1 fully saturated rings. The molecule has 1 aliphatic rings. The van der Waals surface area contributed by atoms with E-state index in [0.29, 0.717) is 44.8 Å². The Kier molecular flexibility index (Phi) is 6.85. The van der Waals surface area contributed by atoms with Crippen molar-refractivity contribution in [2.45, 2.75) is 31.9 Å². The van der Waals surface area contributed by atoms with Crippen molar-refractivity contribution in [3.8, 4) is 0 Å². The van der Waals surface area contributed by atoms with E-state index in [9.17, 15) is 18.0 Å². The number of hydrogen-bond acceptors (Lipinski definition) is 5. The smallest absolute Gasteiger partial charge is 0.354 e. The Labute approximate surface area is 192 Å². The second kappa shape index (κ2) is 9.62. The molecule has 1 aliphatic heterocycles. The standard InChI is InChI=1S/C22H22ClF3N4OS/c23-16-13-15(22(24,25)26)14-27-21(16)30-10-4-9-29(11-12-30)20(31)8-3-7-19-28-17-5-1-2-6-18(17)32-19/h1-2,5-6,13-14H,3-4,7-12H2. The Hall–Kier alpha value is -2.39. The number of alkyl halides is 3. The van der Waals surface area contributed by atoms with Crippen molar-refractivity contribution in [1.82, 2.24) is 14.9 Å². The van der Waals surface area contributed by atoms with E-state index in [1.165, 1.54) is 0 Å². The number of para-hydroxylation sites is 1. The first-order valence-corrected chi connectivity index (χ1v) is 11.6. The van der Waals surface area contributed by atoms with Crippen LogP contribution >= 0.6 is 22.9 Å². The number of anilines is 1. The lowest BCUT2D eigenvalue weighted by atomic mass is 10.2. The number of hydrogen-bond donors (Lipinski definition) is 0. The Balaban J connectivity index is 1.30. The number of rotatable bonds is 5. The largest absolute Gasteiger partial charge is 0.417 e. The fraction of sp³-hybridized carbons (Fsp3) is 0.409. The summed E-state index contributed by atoms with van der Waals surface area (Å²) in [5, 5.41) is 1.000. The number of halogens is 4. The molecule has 170 valence electrons. The highest BCUT2D eigenvalue weighted by Gasteiger charge is 2.32. The van der Waals surface area contributed by atoms with Crippen LogP contribution in [0.3, 0.4) is 0 Å². The van der Waals surface area contributed by atoms with Crippen LogP contribution in [0.4, 0.5) is 19.0 Å². The SMILES string of the molecule is O=C(CCCc1nc2ccccc2s1)N1CCCN(c2ncc(C(F)(F)F)cc2Cl)CC1. The van der Waals surface area contributed by atoms with Crippen molar-refractivity contribution >= 4 is 44.9 Å². The number of aryl methyl sites for hydroxylation is 1. The van der Waals surface area contributed by atoms with Gasteiger partial charge in [0.2, 0.25) is 5.91 Å². The van der Waals surface area contributed by atoms with E-state index in [1.54, 1.807) is 11.3 Å². The summed E-state index contributed by atoms with van der Waals surface area (Å²) in [4.78, 5) is 24.9. The highest BCUT2D eigenvalue weighted by molar-refractivity contribution is 7.18. The van der Waals surface area contributed by atoms with E-state index in [0.717, 1.165) is 40.3 Å². The molecule has 0 atom stereocenters. The molecule has 1 saturated heterocycles. The summed E-state index contributed by atoms with van der Waals surface area (Å²) < 4.78 is 39.7. The molecule has 1 amide bonds. The van der Waals surface area contributed by atoms with Crippen LogP contribution in [-0.4, -0.2) is 47.0 Å². The van der Waals surface area contributed by atoms with Crippen LogP contribution in [0, 0.1) is 0 Å². The summed E-state index contributed by atoms with van der Waals surface area (Å²) in [6.45, 7) is 2.14. The molecule has 4 rings (SSSR count). The molecule has 0 bridgehead atoms. The van der Waals surface area contributed by atoms with Gasteiger partial charge in [0, 0.05) is 38.8 Å². The van der Waals surface area contributed by atoms with Gasteiger partial charge < -0.3 is 9.80 Å². The van der Waals surface area contributed by atoms with Gasteiger partial charge in [-0.1, -0.05) is 23.7 Å². The molecule has 0 spiro atoms. The number of carbonyl (C=O) groups excluding carboxylic acids is 1. The van der Waals surface area contributed by atoms with Crippen LogP contribution in [-0.2, 0) is 17.4 Å². The molecular formula is C22H22ClF3N4OS. The molecule has 5 nitrogen and oxygen atoms in total. The van der Waals surface area contributed by atoms with Crippen molar-refractivity contribution in [2.75, 3.05) is 31.1 Å². The van der Waals surface area contributed by atoms with E-state index in [1.807, 2.05) is 34.1 Å². The van der Waals surface area contributed by atoms with Crippen LogP contribution in [0.2, 0.25) is 5.02 Å². The monoisotopic (exact) mass is 482 g/mol. The number of carbonyl (C=O) groups is 1. The fourth-order valence-electron chi connectivity index (χ4n) is 3.77. The molecule has 0 radical (unpaired) electrons. The van der Waals surface area contributed by atoms with Crippen LogP contribution in [0.25, 0.3) is 10.2 Å². The zero-order chi connectivity index (χ0) is 22.7. The van der Waals surface area contributed by atoms with E-state index in [-0.39, 0.29) is 10.9 Å². The third kappa shape index (κ3) is 5.32. The van der Waals surface area contributed by atoms with E-state index >= 15 is 0 Å². The van der Waals surface area contributed by atoms with E-state index in [4.69, 9.17) is 11.6 Å². The predicted octanol–water partition coefficient (Wildman–Crippen LogP) is 5.43. The first-order chi connectivity index (χ1) is 15.3. The maximum absolute atomic E-state index is 12.9. The average molecular weight is 483 g/mol. The molecule has 10 heteroatoms. The van der Waals surface area contributed by atoms with Crippen molar-refractivity contribution in [3.63, 3.8) is 0 Å². The Morgan fingerprint density at radius 1 is 1.16 bits per heavy atom.